The first-order chi connectivity index (χ1) is 13.6. The average molecular weight is 382 g/mol. The zero-order valence-corrected chi connectivity index (χ0v) is 17.1. The number of methoxy groups -OCH3 is 1. The first-order valence-electron chi connectivity index (χ1n) is 10.0. The van der Waals surface area contributed by atoms with Gasteiger partial charge in [-0.1, -0.05) is 35.9 Å². The second-order valence-electron chi connectivity index (χ2n) is 7.39. The maximum Gasteiger partial charge on any atom is 0.237 e. The summed E-state index contributed by atoms with van der Waals surface area (Å²) in [5, 5.41) is 3.08. The summed E-state index contributed by atoms with van der Waals surface area (Å²) in [5.74, 6) is 0.968. The van der Waals surface area contributed by atoms with Crippen LogP contribution in [0, 0.1) is 6.92 Å². The molecule has 150 valence electrons. The zero-order chi connectivity index (χ0) is 19.9. The molecule has 1 heterocycles. The fraction of sp³-hybridized carbons (Fsp3) is 0.435. The predicted molar refractivity (Wildman–Crippen MR) is 114 cm³/mol. The van der Waals surface area contributed by atoms with E-state index in [0.717, 1.165) is 43.9 Å². The van der Waals surface area contributed by atoms with Gasteiger partial charge in [0.2, 0.25) is 5.91 Å². The molecule has 0 saturated carbocycles. The number of carbonyl (C=O) groups excluding carboxylic acids is 1. The lowest BCUT2D eigenvalue weighted by Crippen LogP contribution is -2.54. The molecule has 0 radical (unpaired) electrons. The molecular formula is C23H31N3O2. The number of hydrogen-bond acceptors (Lipinski definition) is 4. The summed E-state index contributed by atoms with van der Waals surface area (Å²) in [7, 11) is 1.68. The quantitative estimate of drug-likeness (QED) is 0.801. The minimum absolute atomic E-state index is 0.0960. The van der Waals surface area contributed by atoms with Crippen molar-refractivity contribution < 1.29 is 9.53 Å². The van der Waals surface area contributed by atoms with Crippen LogP contribution in [0.4, 0.5) is 5.69 Å². The van der Waals surface area contributed by atoms with Crippen molar-refractivity contribution >= 4 is 11.6 Å². The topological polar surface area (TPSA) is 44.8 Å². The van der Waals surface area contributed by atoms with Gasteiger partial charge in [-0.25, -0.2) is 0 Å². The summed E-state index contributed by atoms with van der Waals surface area (Å²) in [6.07, 6.45) is 0.768. The monoisotopic (exact) mass is 381 g/mol. The number of benzene rings is 2. The number of nitrogens with zero attached hydrogens (tertiary/aromatic N) is 2. The summed E-state index contributed by atoms with van der Waals surface area (Å²) in [4.78, 5) is 17.2. The fourth-order valence-electron chi connectivity index (χ4n) is 3.67. The zero-order valence-electron chi connectivity index (χ0n) is 17.1. The predicted octanol–water partition coefficient (Wildman–Crippen LogP) is 2.87. The molecule has 0 bridgehead atoms. The maximum atomic E-state index is 12.6. The fourth-order valence-corrected chi connectivity index (χ4v) is 3.67. The van der Waals surface area contributed by atoms with E-state index in [1.807, 2.05) is 31.2 Å². The van der Waals surface area contributed by atoms with E-state index in [1.165, 1.54) is 11.3 Å². The van der Waals surface area contributed by atoms with Gasteiger partial charge in [0.1, 0.15) is 5.75 Å². The van der Waals surface area contributed by atoms with Crippen molar-refractivity contribution in [3.8, 4) is 5.75 Å². The molecular weight excluding hydrogens is 350 g/mol. The standard InChI is InChI=1S/C23H31N3O2/c1-18-8-10-21(11-9-18)26-16-14-25(15-17-26)19(2)23(27)24-13-12-20-6-4-5-7-22(20)28-3/h4-11,19H,12-17H2,1-3H3,(H,24,27). The van der Waals surface area contributed by atoms with Crippen LogP contribution in [0.3, 0.4) is 0 Å². The number of ether oxygens (including phenoxy) is 1. The number of piperazine rings is 1. The summed E-state index contributed by atoms with van der Waals surface area (Å²) >= 11 is 0. The van der Waals surface area contributed by atoms with Gasteiger partial charge >= 0.3 is 0 Å². The van der Waals surface area contributed by atoms with Gasteiger partial charge in [-0.2, -0.15) is 0 Å². The van der Waals surface area contributed by atoms with Crippen LogP contribution in [0.15, 0.2) is 48.5 Å². The summed E-state index contributed by atoms with van der Waals surface area (Å²) < 4.78 is 5.37. The molecule has 2 aromatic carbocycles. The number of nitrogens with one attached hydrogen (secondary N) is 1. The van der Waals surface area contributed by atoms with Crippen molar-refractivity contribution in [3.63, 3.8) is 0 Å². The van der Waals surface area contributed by atoms with Gasteiger partial charge < -0.3 is 15.0 Å². The summed E-state index contributed by atoms with van der Waals surface area (Å²) in [5.41, 5.74) is 3.66. The Bertz CT molecular complexity index is 768. The number of carbonyl (C=O) groups is 1. The molecule has 1 atom stereocenters. The molecule has 2 aromatic rings. The highest BCUT2D eigenvalue weighted by Crippen LogP contribution is 2.19. The first-order valence-corrected chi connectivity index (χ1v) is 10.0. The Kier molecular flexibility index (Phi) is 6.93. The van der Waals surface area contributed by atoms with Crippen molar-refractivity contribution in [2.24, 2.45) is 0 Å². The van der Waals surface area contributed by atoms with Gasteiger partial charge in [-0.3, -0.25) is 9.69 Å². The van der Waals surface area contributed by atoms with Crippen LogP contribution in [0.5, 0.6) is 5.75 Å². The average Bonchev–Trinajstić information content (AvgIpc) is 2.74. The van der Waals surface area contributed by atoms with Gasteiger partial charge in [-0.15, -0.1) is 0 Å². The molecule has 5 heteroatoms. The van der Waals surface area contributed by atoms with Crippen molar-refractivity contribution in [2.45, 2.75) is 26.3 Å². The molecule has 0 aromatic heterocycles. The van der Waals surface area contributed by atoms with Crippen LogP contribution < -0.4 is 15.0 Å². The number of para-hydroxylation sites is 1. The van der Waals surface area contributed by atoms with Crippen LogP contribution in [0.25, 0.3) is 0 Å². The smallest absolute Gasteiger partial charge is 0.237 e. The third-order valence-corrected chi connectivity index (χ3v) is 5.53. The van der Waals surface area contributed by atoms with Crippen LogP contribution >= 0.6 is 0 Å². The van der Waals surface area contributed by atoms with E-state index in [-0.39, 0.29) is 11.9 Å². The lowest BCUT2D eigenvalue weighted by atomic mass is 10.1. The Morgan fingerprint density at radius 3 is 2.43 bits per heavy atom. The molecule has 1 N–H and O–H groups in total. The second-order valence-corrected chi connectivity index (χ2v) is 7.39. The minimum atomic E-state index is -0.113. The van der Waals surface area contributed by atoms with Crippen molar-refractivity contribution in [3.05, 3.63) is 59.7 Å². The number of hydrogen-bond donors (Lipinski definition) is 1. The molecule has 0 aliphatic carbocycles. The molecule has 0 spiro atoms. The Labute approximate surface area is 168 Å². The number of amides is 1. The van der Waals surface area contributed by atoms with E-state index in [2.05, 4.69) is 46.3 Å². The SMILES string of the molecule is COc1ccccc1CCNC(=O)C(C)N1CCN(c2ccc(C)cc2)CC1. The van der Waals surface area contributed by atoms with Crippen LogP contribution in [0.1, 0.15) is 18.1 Å². The van der Waals surface area contributed by atoms with E-state index in [9.17, 15) is 4.79 Å². The molecule has 5 nitrogen and oxygen atoms in total. The third-order valence-electron chi connectivity index (χ3n) is 5.53. The lowest BCUT2D eigenvalue weighted by molar-refractivity contribution is -0.125. The molecule has 1 amide bonds. The van der Waals surface area contributed by atoms with Gasteiger partial charge in [0, 0.05) is 38.4 Å². The molecule has 1 saturated heterocycles. The van der Waals surface area contributed by atoms with E-state index in [4.69, 9.17) is 4.74 Å². The highest BCUT2D eigenvalue weighted by molar-refractivity contribution is 5.81. The lowest BCUT2D eigenvalue weighted by Gasteiger charge is -2.38. The summed E-state index contributed by atoms with van der Waals surface area (Å²) in [6.45, 7) is 8.41. The van der Waals surface area contributed by atoms with E-state index >= 15 is 0 Å². The Morgan fingerprint density at radius 2 is 1.75 bits per heavy atom. The van der Waals surface area contributed by atoms with Gasteiger partial charge in [0.05, 0.1) is 13.2 Å². The van der Waals surface area contributed by atoms with Gasteiger partial charge in [0.25, 0.3) is 0 Å². The third kappa shape index (κ3) is 5.04. The first kappa shape index (κ1) is 20.2. The minimum Gasteiger partial charge on any atom is -0.496 e. The maximum absolute atomic E-state index is 12.6. The van der Waals surface area contributed by atoms with Gasteiger partial charge in [0.15, 0.2) is 0 Å². The largest absolute Gasteiger partial charge is 0.496 e. The Hall–Kier alpha value is -2.53. The highest BCUT2D eigenvalue weighted by atomic mass is 16.5. The molecule has 1 fully saturated rings. The molecule has 1 aliphatic heterocycles. The normalized spacial score (nSPS) is 15.9. The van der Waals surface area contributed by atoms with Crippen LogP contribution in [-0.2, 0) is 11.2 Å². The highest BCUT2D eigenvalue weighted by Gasteiger charge is 2.25. The van der Waals surface area contributed by atoms with Crippen LogP contribution in [-0.4, -0.2) is 56.7 Å². The molecule has 1 aliphatic rings. The number of anilines is 1. The summed E-state index contributed by atoms with van der Waals surface area (Å²) in [6, 6.07) is 16.5. The Morgan fingerprint density at radius 1 is 1.07 bits per heavy atom. The van der Waals surface area contributed by atoms with E-state index < -0.39 is 0 Å². The molecule has 1 unspecified atom stereocenters. The van der Waals surface area contributed by atoms with Gasteiger partial charge in [-0.05, 0) is 44.0 Å². The molecule has 28 heavy (non-hydrogen) atoms. The Balaban J connectivity index is 1.44. The number of aryl methyl sites for hydroxylation is 1. The van der Waals surface area contributed by atoms with E-state index in [0.29, 0.717) is 6.54 Å². The van der Waals surface area contributed by atoms with Crippen LogP contribution in [0.2, 0.25) is 0 Å². The van der Waals surface area contributed by atoms with Crippen molar-refractivity contribution in [2.75, 3.05) is 44.7 Å². The van der Waals surface area contributed by atoms with E-state index in [1.54, 1.807) is 7.11 Å². The van der Waals surface area contributed by atoms with Crippen molar-refractivity contribution in [1.29, 1.82) is 0 Å². The second kappa shape index (κ2) is 9.60. The van der Waals surface area contributed by atoms with Crippen molar-refractivity contribution in [1.82, 2.24) is 10.2 Å². The molecule has 3 rings (SSSR count). The number of rotatable bonds is 7.